The zero-order chi connectivity index (χ0) is 60.0. The molecule has 0 atom stereocenters. The van der Waals surface area contributed by atoms with Gasteiger partial charge in [0, 0.05) is 68.9 Å². The summed E-state index contributed by atoms with van der Waals surface area (Å²) in [6.45, 7) is 0. The van der Waals surface area contributed by atoms with Crippen molar-refractivity contribution in [2.24, 2.45) is 0 Å². The first-order chi connectivity index (χ1) is 44.6. The normalized spacial score (nSPS) is 11.3. The third kappa shape index (κ3) is 11.7. The predicted molar refractivity (Wildman–Crippen MR) is 374 cm³/mol. The van der Waals surface area contributed by atoms with Crippen molar-refractivity contribution in [3.8, 4) is 17.2 Å². The van der Waals surface area contributed by atoms with E-state index < -0.39 is 15.1 Å². The molecule has 9 heteroatoms. The Bertz CT molecular complexity index is 4720. The Morgan fingerprint density at radius 1 is 0.233 bits per heavy atom. The van der Waals surface area contributed by atoms with Crippen molar-refractivity contribution in [2.75, 3.05) is 9.80 Å². The van der Waals surface area contributed by atoms with Gasteiger partial charge in [-0.15, -0.1) is 0 Å². The molecule has 8 nitrogen and oxygen atoms in total. The average molecular weight is 1170 g/mol. The topological polar surface area (TPSA) is 72.8 Å². The van der Waals surface area contributed by atoms with Crippen LogP contribution in [0.5, 0.6) is 17.2 Å². The van der Waals surface area contributed by atoms with Crippen molar-refractivity contribution in [2.45, 2.75) is 0 Å². The number of benzene rings is 13. The fourth-order valence-electron chi connectivity index (χ4n) is 11.7. The molecule has 0 spiro atoms. The van der Waals surface area contributed by atoms with E-state index >= 15 is 0 Å². The maximum Gasteiger partial charge on any atom is 1.20 e. The molecule has 0 aliphatic heterocycles. The Morgan fingerprint density at radius 2 is 0.489 bits per heavy atom. The van der Waals surface area contributed by atoms with Crippen LogP contribution in [-0.4, -0.2) is 30.1 Å². The van der Waals surface area contributed by atoms with Crippen molar-refractivity contribution in [3.05, 3.63) is 339 Å². The van der Waals surface area contributed by atoms with E-state index in [0.29, 0.717) is 17.2 Å². The summed E-state index contributed by atoms with van der Waals surface area (Å²) in [4.78, 5) is 18.2. The third-order valence-electron chi connectivity index (χ3n) is 16.2. The Morgan fingerprint density at radius 3 is 0.789 bits per heavy atom. The zero-order valence-corrected chi connectivity index (χ0v) is 50.0. The quantitative estimate of drug-likeness (QED) is 0.0788. The highest BCUT2D eigenvalue weighted by molar-refractivity contribution is 6.40. The Balaban J connectivity index is 0.000000170. The molecule has 3 aromatic heterocycles. The van der Waals surface area contributed by atoms with Crippen LogP contribution in [-0.2, 0) is 0 Å². The lowest BCUT2D eigenvalue weighted by Gasteiger charge is -2.26. The number of hydrogen-bond donors (Lipinski definition) is 0. The van der Waals surface area contributed by atoms with E-state index in [1.54, 1.807) is 18.6 Å². The summed E-state index contributed by atoms with van der Waals surface area (Å²) in [5.41, 5.74) is 11.3. The van der Waals surface area contributed by atoms with Crippen LogP contribution in [0.2, 0.25) is 0 Å². The molecule has 0 N–H and O–H groups in total. The van der Waals surface area contributed by atoms with Crippen molar-refractivity contribution in [1.82, 2.24) is 15.0 Å². The fraction of sp³-hybridized carbons (Fsp3) is 0. The summed E-state index contributed by atoms with van der Waals surface area (Å²) in [6.07, 6.45) is 9.63. The second-order valence-corrected chi connectivity index (χ2v) is 23.2. The van der Waals surface area contributed by atoms with Crippen LogP contribution in [0.4, 0.5) is 34.1 Å². The van der Waals surface area contributed by atoms with Gasteiger partial charge in [-0.2, -0.15) is 0 Å². The molecule has 13 aromatic carbocycles. The van der Waals surface area contributed by atoms with Gasteiger partial charge in [-0.05, 0) is 163 Å². The van der Waals surface area contributed by atoms with Crippen molar-refractivity contribution in [3.63, 3.8) is 0 Å². The van der Waals surface area contributed by atoms with Gasteiger partial charge in [0.05, 0.1) is 0 Å². The number of anilines is 6. The van der Waals surface area contributed by atoms with Crippen LogP contribution >= 0.6 is 0 Å². The van der Waals surface area contributed by atoms with Gasteiger partial charge >= 0.3 is 15.1 Å². The molecule has 0 amide bonds. The van der Waals surface area contributed by atoms with Gasteiger partial charge in [0.25, 0.3) is 0 Å². The maximum absolute atomic E-state index is 6.41. The first-order valence-corrected chi connectivity index (χ1v) is 31.4. The van der Waals surface area contributed by atoms with Crippen molar-refractivity contribution < 1.29 is 11.4 Å². The number of hydrogen-bond acceptors (Lipinski definition) is 8. The standard InChI is InChI=1S/C54H38N2.3C9H7NO.Al/c1-5-13-45-35-51(31-23-41(45)9-1)55(52-32-24-42-10-2-6-14-46(42)36-52)49-27-19-39(20-28-49)17-18-40-21-29-50(30-22-40)56(53-33-25-43-11-3-7-15-47(43)37-53)54-34-26-44-12-4-8-16-48(44)38-54;3*11-8-5-1-3-7-4-2-6-10-9(7)8;/h1-38H;3*1-6,11H;/q;;;;+3/p-3. The first kappa shape index (κ1) is 55.0. The summed E-state index contributed by atoms with van der Waals surface area (Å²) < 4.78 is 19.2. The molecule has 0 aliphatic carbocycles. The molecular formula is C81H56AlN5O3. The second kappa shape index (κ2) is 25.0. The summed E-state index contributed by atoms with van der Waals surface area (Å²) in [5.74, 6) is 1.82. The lowest BCUT2D eigenvalue weighted by molar-refractivity contribution is 0.311. The Labute approximate surface area is 526 Å². The van der Waals surface area contributed by atoms with Gasteiger partial charge in [-0.3, -0.25) is 15.0 Å². The maximum atomic E-state index is 6.41. The number of rotatable bonds is 14. The van der Waals surface area contributed by atoms with E-state index in [-0.39, 0.29) is 0 Å². The molecule has 0 aliphatic rings. The van der Waals surface area contributed by atoms with Crippen LogP contribution in [0, 0.1) is 0 Å². The smallest absolute Gasteiger partial charge is 0.576 e. The van der Waals surface area contributed by atoms with E-state index in [9.17, 15) is 0 Å². The number of fused-ring (bicyclic) bond motifs is 7. The zero-order valence-electron chi connectivity index (χ0n) is 48.9. The Kier molecular flexibility index (Phi) is 15.3. The fourth-order valence-corrected chi connectivity index (χ4v) is 13.1. The highest BCUT2D eigenvalue weighted by atomic mass is 27.3. The van der Waals surface area contributed by atoms with Crippen molar-refractivity contribution in [1.29, 1.82) is 0 Å². The molecule has 0 fully saturated rings. The summed E-state index contributed by atoms with van der Waals surface area (Å²) in [6, 6.07) is 108. The molecular weight excluding hydrogens is 1120 g/mol. The molecule has 3 heterocycles. The molecule has 90 heavy (non-hydrogen) atoms. The van der Waals surface area contributed by atoms with Crippen LogP contribution < -0.4 is 21.2 Å². The van der Waals surface area contributed by atoms with Crippen LogP contribution in [0.25, 0.3) is 88.0 Å². The first-order valence-electron chi connectivity index (χ1n) is 30.0. The van der Waals surface area contributed by atoms with Crippen LogP contribution in [0.3, 0.4) is 0 Å². The summed E-state index contributed by atoms with van der Waals surface area (Å²) in [5, 5.41) is 12.8. The highest BCUT2D eigenvalue weighted by Gasteiger charge is 2.46. The number of nitrogens with zero attached hydrogens (tertiary/aromatic N) is 5. The van der Waals surface area contributed by atoms with E-state index in [1.165, 1.54) is 43.1 Å². The van der Waals surface area contributed by atoms with E-state index in [4.69, 9.17) is 11.4 Å². The van der Waals surface area contributed by atoms with Crippen molar-refractivity contribution >= 4 is 137 Å². The minimum atomic E-state index is -2.86. The minimum Gasteiger partial charge on any atom is -0.576 e. The molecule has 0 saturated carbocycles. The lowest BCUT2D eigenvalue weighted by Crippen LogP contribution is -2.37. The predicted octanol–water partition coefficient (Wildman–Crippen LogP) is 21.3. The van der Waals surface area contributed by atoms with Gasteiger partial charge in [0.2, 0.25) is 0 Å². The van der Waals surface area contributed by atoms with E-state index in [1.807, 2.05) is 91.0 Å². The van der Waals surface area contributed by atoms with Crippen LogP contribution in [0.15, 0.2) is 328 Å². The number of para-hydroxylation sites is 3. The largest absolute Gasteiger partial charge is 1.20 e. The minimum absolute atomic E-state index is 0.608. The summed E-state index contributed by atoms with van der Waals surface area (Å²) >= 11 is -2.86. The number of pyridine rings is 3. The SMILES string of the molecule is C(=Cc1ccc(N(c2ccc3ccccc3c2)c2ccc3ccccc3c2)cc1)c1ccc(N(c2ccc3ccccc3c2)c2ccc3ccccc3c2)cc1.c1cnc2c([O][Al]([O]c3cccc4cccnc34)[O]c3cccc4cccnc34)cccc2c1. The Hall–Kier alpha value is -11.6. The molecule has 426 valence electrons. The molecule has 0 radical (unpaired) electrons. The summed E-state index contributed by atoms with van der Waals surface area (Å²) in [7, 11) is 0. The van der Waals surface area contributed by atoms with E-state index in [0.717, 1.165) is 78.0 Å². The monoisotopic (exact) mass is 1170 g/mol. The van der Waals surface area contributed by atoms with Gasteiger partial charge < -0.3 is 21.2 Å². The van der Waals surface area contributed by atoms with Gasteiger partial charge in [-0.1, -0.05) is 212 Å². The third-order valence-corrected chi connectivity index (χ3v) is 17.5. The van der Waals surface area contributed by atoms with Gasteiger partial charge in [0.15, 0.2) is 0 Å². The van der Waals surface area contributed by atoms with E-state index in [2.05, 4.69) is 255 Å². The lowest BCUT2D eigenvalue weighted by atomic mass is 10.1. The number of aromatic nitrogens is 3. The second-order valence-electron chi connectivity index (χ2n) is 21.9. The average Bonchev–Trinajstić information content (AvgIpc) is 1.83. The van der Waals surface area contributed by atoms with Crippen LogP contribution in [0.1, 0.15) is 11.1 Å². The highest BCUT2D eigenvalue weighted by Crippen LogP contribution is 2.40. The van der Waals surface area contributed by atoms with Gasteiger partial charge in [0.1, 0.15) is 33.8 Å². The molecule has 16 rings (SSSR count). The molecule has 0 saturated heterocycles. The molecule has 16 aromatic rings. The molecule has 0 unspecified atom stereocenters. The molecule has 0 bridgehead atoms. The van der Waals surface area contributed by atoms with Gasteiger partial charge in [-0.25, -0.2) is 0 Å².